The highest BCUT2D eigenvalue weighted by atomic mass is 32.1. The highest BCUT2D eigenvalue weighted by Gasteiger charge is 2.25. The summed E-state index contributed by atoms with van der Waals surface area (Å²) < 4.78 is 6.08. The van der Waals surface area contributed by atoms with Gasteiger partial charge in [0.1, 0.15) is 11.9 Å². The Morgan fingerprint density at radius 2 is 2.36 bits per heavy atom. The summed E-state index contributed by atoms with van der Waals surface area (Å²) in [5.74, 6) is 0.936. The third-order valence-corrected chi connectivity index (χ3v) is 4.43. The number of nitrogens with two attached hydrogens (primary N) is 1. The molecular weight excluding hydrogens is 294 g/mol. The van der Waals surface area contributed by atoms with Crippen LogP contribution in [0.1, 0.15) is 20.3 Å². The zero-order chi connectivity index (χ0) is 15.7. The molecule has 1 unspecified atom stereocenters. The fraction of sp³-hybridized carbons (Fsp3) is 0.353. The molecule has 0 fully saturated rings. The second kappa shape index (κ2) is 6.01. The van der Waals surface area contributed by atoms with E-state index in [2.05, 4.69) is 36.4 Å². The number of benzene rings is 1. The van der Waals surface area contributed by atoms with Crippen molar-refractivity contribution in [1.29, 1.82) is 0 Å². The van der Waals surface area contributed by atoms with Crippen LogP contribution in [0.5, 0.6) is 5.75 Å². The van der Waals surface area contributed by atoms with E-state index in [4.69, 9.17) is 10.5 Å². The first kappa shape index (κ1) is 14.9. The van der Waals surface area contributed by atoms with Crippen molar-refractivity contribution < 1.29 is 4.74 Å². The van der Waals surface area contributed by atoms with E-state index in [9.17, 15) is 0 Å². The third-order valence-electron chi connectivity index (χ3n) is 3.75. The van der Waals surface area contributed by atoms with Crippen LogP contribution in [-0.2, 0) is 0 Å². The van der Waals surface area contributed by atoms with Crippen molar-refractivity contribution in [3.05, 3.63) is 35.7 Å². The summed E-state index contributed by atoms with van der Waals surface area (Å²) in [6.45, 7) is 9.99. The van der Waals surface area contributed by atoms with Gasteiger partial charge in [0, 0.05) is 17.5 Å². The highest BCUT2D eigenvalue weighted by Crippen LogP contribution is 2.38. The molecule has 116 valence electrons. The molecular formula is C17H21N3OS. The molecule has 5 heteroatoms. The lowest BCUT2D eigenvalue weighted by Crippen LogP contribution is -2.40. The molecule has 0 aliphatic carbocycles. The fourth-order valence-electron chi connectivity index (χ4n) is 2.69. The number of aromatic nitrogens is 1. The topological polar surface area (TPSA) is 51.4 Å². The maximum atomic E-state index is 6.08. The van der Waals surface area contributed by atoms with Crippen molar-refractivity contribution in [1.82, 2.24) is 4.98 Å². The lowest BCUT2D eigenvalue weighted by molar-refractivity contribution is 0.190. The molecule has 1 aromatic heterocycles. The maximum absolute atomic E-state index is 6.08. The zero-order valence-corrected chi connectivity index (χ0v) is 13.8. The van der Waals surface area contributed by atoms with Gasteiger partial charge in [0.2, 0.25) is 0 Å². The number of hydrogen-bond acceptors (Lipinski definition) is 5. The number of hydrogen-bond donors (Lipinski definition) is 1. The molecule has 0 saturated carbocycles. The van der Waals surface area contributed by atoms with Gasteiger partial charge in [-0.15, -0.1) is 11.3 Å². The predicted octanol–water partition coefficient (Wildman–Crippen LogP) is 3.95. The van der Waals surface area contributed by atoms with Gasteiger partial charge in [-0.3, -0.25) is 0 Å². The van der Waals surface area contributed by atoms with E-state index in [1.165, 1.54) is 11.3 Å². The van der Waals surface area contributed by atoms with Crippen LogP contribution in [0.2, 0.25) is 0 Å². The average molecular weight is 315 g/mol. The summed E-state index contributed by atoms with van der Waals surface area (Å²) in [5, 5.41) is 2.58. The smallest absolute Gasteiger partial charge is 0.180 e. The Bertz CT molecular complexity index is 695. The molecule has 0 bridgehead atoms. The molecule has 1 aliphatic rings. The van der Waals surface area contributed by atoms with Crippen molar-refractivity contribution in [2.24, 2.45) is 0 Å². The predicted molar refractivity (Wildman–Crippen MR) is 93.7 cm³/mol. The quantitative estimate of drug-likeness (QED) is 0.868. The van der Waals surface area contributed by atoms with Gasteiger partial charge in [0.25, 0.3) is 0 Å². The molecule has 2 heterocycles. The largest absolute Gasteiger partial charge is 0.486 e. The van der Waals surface area contributed by atoms with Crippen molar-refractivity contribution in [3.63, 3.8) is 0 Å². The molecule has 1 aliphatic heterocycles. The lowest BCUT2D eigenvalue weighted by atomic mass is 10.1. The molecule has 2 N–H and O–H groups in total. The Morgan fingerprint density at radius 1 is 1.55 bits per heavy atom. The number of fused-ring (bicyclic) bond motifs is 1. The number of nitrogens with zero attached hydrogens (tertiary/aromatic N) is 2. The second-order valence-electron chi connectivity index (χ2n) is 5.74. The molecule has 1 aromatic carbocycles. The van der Waals surface area contributed by atoms with Crippen molar-refractivity contribution in [2.45, 2.75) is 26.4 Å². The Morgan fingerprint density at radius 3 is 3.00 bits per heavy atom. The number of anilines is 2. The van der Waals surface area contributed by atoms with Crippen LogP contribution >= 0.6 is 11.3 Å². The van der Waals surface area contributed by atoms with Gasteiger partial charge >= 0.3 is 0 Å². The molecule has 22 heavy (non-hydrogen) atoms. The van der Waals surface area contributed by atoms with Gasteiger partial charge in [0.05, 0.1) is 17.9 Å². The maximum Gasteiger partial charge on any atom is 0.180 e. The first-order valence-corrected chi connectivity index (χ1v) is 8.36. The van der Waals surface area contributed by atoms with Gasteiger partial charge in [-0.05, 0) is 31.5 Å². The third kappa shape index (κ3) is 2.95. The Kier molecular flexibility index (Phi) is 4.07. The van der Waals surface area contributed by atoms with E-state index in [1.54, 1.807) is 0 Å². The molecule has 0 spiro atoms. The summed E-state index contributed by atoms with van der Waals surface area (Å²) in [7, 11) is 0. The van der Waals surface area contributed by atoms with E-state index in [1.807, 2.05) is 17.5 Å². The van der Waals surface area contributed by atoms with Gasteiger partial charge in [-0.1, -0.05) is 19.1 Å². The van der Waals surface area contributed by atoms with E-state index < -0.39 is 0 Å². The van der Waals surface area contributed by atoms with E-state index >= 15 is 0 Å². The first-order chi connectivity index (χ1) is 10.6. The SMILES string of the molecule is C=C(C)CN1CC(CC)Oc2ccc(-c3csc(N)n3)cc21. The molecule has 3 rings (SSSR count). The van der Waals surface area contributed by atoms with Crippen LogP contribution in [0.4, 0.5) is 10.8 Å². The van der Waals surface area contributed by atoms with E-state index in [0.29, 0.717) is 5.13 Å². The minimum atomic E-state index is 0.229. The zero-order valence-electron chi connectivity index (χ0n) is 13.0. The Labute approximate surface area is 135 Å². The number of thiazole rings is 1. The highest BCUT2D eigenvalue weighted by molar-refractivity contribution is 7.13. The normalized spacial score (nSPS) is 17.0. The van der Waals surface area contributed by atoms with Gasteiger partial charge in [0.15, 0.2) is 5.13 Å². The monoisotopic (exact) mass is 315 g/mol. The van der Waals surface area contributed by atoms with Gasteiger partial charge in [-0.25, -0.2) is 4.98 Å². The van der Waals surface area contributed by atoms with Crippen LogP contribution in [0.3, 0.4) is 0 Å². The molecule has 4 nitrogen and oxygen atoms in total. The molecule has 0 saturated heterocycles. The molecule has 2 aromatic rings. The molecule has 0 radical (unpaired) electrons. The summed E-state index contributed by atoms with van der Waals surface area (Å²) in [5.41, 5.74) is 9.98. The number of rotatable bonds is 4. The molecule has 1 atom stereocenters. The standard InChI is InChI=1S/C17H21N3OS/c1-4-13-9-20(8-11(2)3)15-7-12(5-6-16(15)21-13)14-10-22-17(18)19-14/h5-7,10,13H,2,4,8-9H2,1,3H3,(H2,18,19). The molecule has 0 amide bonds. The Hall–Kier alpha value is -2.01. The number of nitrogen functional groups attached to an aromatic ring is 1. The first-order valence-electron chi connectivity index (χ1n) is 7.48. The lowest BCUT2D eigenvalue weighted by Gasteiger charge is -2.36. The fourth-order valence-corrected chi connectivity index (χ4v) is 3.26. The van der Waals surface area contributed by atoms with Crippen LogP contribution in [0.25, 0.3) is 11.3 Å². The van der Waals surface area contributed by atoms with Crippen molar-refractivity contribution in [3.8, 4) is 17.0 Å². The van der Waals surface area contributed by atoms with E-state index in [-0.39, 0.29) is 6.10 Å². The van der Waals surface area contributed by atoms with Gasteiger partial charge < -0.3 is 15.4 Å². The minimum absolute atomic E-state index is 0.229. The average Bonchev–Trinajstić information content (AvgIpc) is 2.92. The van der Waals surface area contributed by atoms with Crippen LogP contribution < -0.4 is 15.4 Å². The van der Waals surface area contributed by atoms with Crippen molar-refractivity contribution in [2.75, 3.05) is 23.7 Å². The van der Waals surface area contributed by atoms with Crippen LogP contribution in [0.15, 0.2) is 35.7 Å². The summed E-state index contributed by atoms with van der Waals surface area (Å²) >= 11 is 1.46. The van der Waals surface area contributed by atoms with Gasteiger partial charge in [-0.2, -0.15) is 0 Å². The summed E-state index contributed by atoms with van der Waals surface area (Å²) in [4.78, 5) is 6.71. The minimum Gasteiger partial charge on any atom is -0.486 e. The summed E-state index contributed by atoms with van der Waals surface area (Å²) in [6, 6.07) is 6.22. The number of ether oxygens (including phenoxy) is 1. The van der Waals surface area contributed by atoms with Crippen LogP contribution in [0, 0.1) is 0 Å². The van der Waals surface area contributed by atoms with Crippen molar-refractivity contribution >= 4 is 22.2 Å². The summed E-state index contributed by atoms with van der Waals surface area (Å²) in [6.07, 6.45) is 1.23. The van der Waals surface area contributed by atoms with Crippen LogP contribution in [-0.4, -0.2) is 24.2 Å². The Balaban J connectivity index is 1.99. The van der Waals surface area contributed by atoms with E-state index in [0.717, 1.165) is 47.8 Å². The second-order valence-corrected chi connectivity index (χ2v) is 6.63.